The molecule has 0 fully saturated rings. The molecule has 0 aliphatic carbocycles. The van der Waals surface area contributed by atoms with Crippen LogP contribution in [0.2, 0.25) is 0 Å². The lowest BCUT2D eigenvalue weighted by atomic mass is 10.2. The molecule has 0 spiro atoms. The molecule has 0 unspecified atom stereocenters. The average molecular weight is 405 g/mol. The number of nitrogens with one attached hydrogen (secondary N) is 2. The van der Waals surface area contributed by atoms with Gasteiger partial charge in [-0.1, -0.05) is 18.2 Å². The van der Waals surface area contributed by atoms with Gasteiger partial charge in [-0.15, -0.1) is 11.3 Å². The molecule has 0 saturated carbocycles. The summed E-state index contributed by atoms with van der Waals surface area (Å²) in [4.78, 5) is 16.6. The van der Waals surface area contributed by atoms with Gasteiger partial charge in [-0.25, -0.2) is 4.98 Å². The molecular formula is C19H17F2N3O3S. The van der Waals surface area contributed by atoms with Crippen LogP contribution in [0.25, 0.3) is 0 Å². The van der Waals surface area contributed by atoms with Crippen LogP contribution in [-0.2, 0) is 6.54 Å². The first-order valence-electron chi connectivity index (χ1n) is 8.22. The minimum absolute atomic E-state index is 0.0658. The van der Waals surface area contributed by atoms with Crippen molar-refractivity contribution < 1.29 is 23.0 Å². The molecule has 2 aromatic carbocycles. The van der Waals surface area contributed by atoms with Gasteiger partial charge >= 0.3 is 6.61 Å². The Labute approximate surface area is 164 Å². The Morgan fingerprint density at radius 2 is 1.93 bits per heavy atom. The number of alkyl halides is 2. The maximum absolute atomic E-state index is 12.3. The Hall–Kier alpha value is -3.20. The number of halogens is 2. The van der Waals surface area contributed by atoms with Crippen LogP contribution in [0, 0.1) is 0 Å². The normalized spacial score (nSPS) is 10.6. The molecule has 2 N–H and O–H groups in total. The minimum Gasteiger partial charge on any atom is -0.496 e. The van der Waals surface area contributed by atoms with Crippen molar-refractivity contribution in [3.05, 3.63) is 65.2 Å². The fourth-order valence-electron chi connectivity index (χ4n) is 2.39. The van der Waals surface area contributed by atoms with Crippen LogP contribution in [0.15, 0.2) is 53.9 Å². The topological polar surface area (TPSA) is 72.5 Å². The van der Waals surface area contributed by atoms with Crippen LogP contribution >= 0.6 is 11.3 Å². The Bertz CT molecular complexity index is 932. The van der Waals surface area contributed by atoms with Crippen molar-refractivity contribution in [2.45, 2.75) is 13.2 Å². The van der Waals surface area contributed by atoms with Gasteiger partial charge in [0.1, 0.15) is 17.2 Å². The zero-order valence-corrected chi connectivity index (χ0v) is 15.6. The first kappa shape index (κ1) is 19.6. The van der Waals surface area contributed by atoms with Gasteiger partial charge in [0, 0.05) is 23.2 Å². The van der Waals surface area contributed by atoms with Crippen molar-refractivity contribution >= 4 is 28.1 Å². The van der Waals surface area contributed by atoms with Gasteiger partial charge < -0.3 is 20.1 Å². The summed E-state index contributed by atoms with van der Waals surface area (Å²) in [6.45, 7) is -2.55. The van der Waals surface area contributed by atoms with Gasteiger partial charge in [-0.2, -0.15) is 8.78 Å². The second-order valence-corrected chi connectivity index (χ2v) is 6.42. The van der Waals surface area contributed by atoms with Gasteiger partial charge in [-0.05, 0) is 30.3 Å². The number of ether oxygens (including phenoxy) is 2. The lowest BCUT2D eigenvalue weighted by molar-refractivity contribution is -0.0498. The third-order valence-electron chi connectivity index (χ3n) is 3.70. The molecule has 3 aromatic rings. The zero-order chi connectivity index (χ0) is 19.9. The summed E-state index contributed by atoms with van der Waals surface area (Å²) in [5, 5.41) is 7.96. The molecule has 146 valence electrons. The highest BCUT2D eigenvalue weighted by Gasteiger charge is 2.12. The summed E-state index contributed by atoms with van der Waals surface area (Å²) in [7, 11) is 1.57. The number of amides is 1. The lowest BCUT2D eigenvalue weighted by Gasteiger charge is -2.08. The Balaban J connectivity index is 1.58. The number of anilines is 2. The van der Waals surface area contributed by atoms with Crippen LogP contribution in [0.3, 0.4) is 0 Å². The number of methoxy groups -OCH3 is 1. The number of aromatic nitrogens is 1. The summed E-state index contributed by atoms with van der Waals surface area (Å²) in [5.41, 5.74) is 1.77. The molecule has 3 rings (SSSR count). The standard InChI is InChI=1S/C19H17F2N3O3S/c1-26-16-5-3-2-4-12(16)10-22-17(25)15-11-28-19(24-15)23-13-6-8-14(9-7-13)27-18(20)21/h2-9,11,18H,10H2,1H3,(H,22,25)(H,23,24). The number of carbonyl (C=O) groups is 1. The summed E-state index contributed by atoms with van der Waals surface area (Å²) in [6.07, 6.45) is 0. The lowest BCUT2D eigenvalue weighted by Crippen LogP contribution is -2.23. The fraction of sp³-hybridized carbons (Fsp3) is 0.158. The summed E-state index contributed by atoms with van der Waals surface area (Å²) in [6, 6.07) is 13.4. The molecular weight excluding hydrogens is 388 g/mol. The summed E-state index contributed by atoms with van der Waals surface area (Å²) in [5.74, 6) is 0.453. The maximum Gasteiger partial charge on any atom is 0.387 e. The highest BCUT2D eigenvalue weighted by atomic mass is 32.1. The number of hydrogen-bond acceptors (Lipinski definition) is 6. The van der Waals surface area contributed by atoms with Crippen LogP contribution in [0.1, 0.15) is 16.1 Å². The fourth-order valence-corrected chi connectivity index (χ4v) is 3.10. The molecule has 0 saturated heterocycles. The van der Waals surface area contributed by atoms with E-state index in [1.165, 1.54) is 23.5 Å². The number of para-hydroxylation sites is 1. The molecule has 0 bridgehead atoms. The third-order valence-corrected chi connectivity index (χ3v) is 4.46. The molecule has 1 amide bonds. The number of nitrogens with zero attached hydrogens (tertiary/aromatic N) is 1. The maximum atomic E-state index is 12.3. The van der Waals surface area contributed by atoms with Crippen LogP contribution in [-0.4, -0.2) is 24.6 Å². The van der Waals surface area contributed by atoms with Gasteiger partial charge in [-0.3, -0.25) is 4.79 Å². The Morgan fingerprint density at radius 3 is 2.64 bits per heavy atom. The van der Waals surface area contributed by atoms with Crippen molar-refractivity contribution in [3.8, 4) is 11.5 Å². The number of hydrogen-bond donors (Lipinski definition) is 2. The summed E-state index contributed by atoms with van der Waals surface area (Å²) >= 11 is 1.26. The quantitative estimate of drug-likeness (QED) is 0.580. The van der Waals surface area contributed by atoms with E-state index < -0.39 is 6.61 Å². The molecule has 0 radical (unpaired) electrons. The number of thiazole rings is 1. The second kappa shape index (κ2) is 9.14. The van der Waals surface area contributed by atoms with Crippen molar-refractivity contribution in [3.63, 3.8) is 0 Å². The van der Waals surface area contributed by atoms with E-state index in [1.54, 1.807) is 24.6 Å². The SMILES string of the molecule is COc1ccccc1CNC(=O)c1csc(Nc2ccc(OC(F)F)cc2)n1. The number of benzene rings is 2. The third kappa shape index (κ3) is 5.17. The Kier molecular flexibility index (Phi) is 6.38. The van der Waals surface area contributed by atoms with E-state index in [9.17, 15) is 13.6 Å². The average Bonchev–Trinajstić information content (AvgIpc) is 3.16. The van der Waals surface area contributed by atoms with E-state index in [0.29, 0.717) is 23.1 Å². The predicted molar refractivity (Wildman–Crippen MR) is 103 cm³/mol. The van der Waals surface area contributed by atoms with Crippen molar-refractivity contribution in [2.24, 2.45) is 0 Å². The van der Waals surface area contributed by atoms with Crippen LogP contribution in [0.5, 0.6) is 11.5 Å². The molecule has 0 aliphatic rings. The zero-order valence-electron chi connectivity index (χ0n) is 14.8. The first-order chi connectivity index (χ1) is 13.5. The highest BCUT2D eigenvalue weighted by molar-refractivity contribution is 7.14. The first-order valence-corrected chi connectivity index (χ1v) is 9.10. The smallest absolute Gasteiger partial charge is 0.387 e. The molecule has 9 heteroatoms. The Morgan fingerprint density at radius 1 is 1.18 bits per heavy atom. The minimum atomic E-state index is -2.87. The van der Waals surface area contributed by atoms with Crippen LogP contribution in [0.4, 0.5) is 19.6 Å². The molecule has 1 heterocycles. The summed E-state index contributed by atoms with van der Waals surface area (Å²) < 4.78 is 33.9. The second-order valence-electron chi connectivity index (χ2n) is 5.56. The predicted octanol–water partition coefficient (Wildman–Crippen LogP) is 4.43. The van der Waals surface area contributed by atoms with Gasteiger partial charge in [0.25, 0.3) is 5.91 Å². The van der Waals surface area contributed by atoms with Crippen molar-refractivity contribution in [2.75, 3.05) is 12.4 Å². The molecule has 28 heavy (non-hydrogen) atoms. The van der Waals surface area contributed by atoms with Gasteiger partial charge in [0.2, 0.25) is 0 Å². The molecule has 0 atom stereocenters. The van der Waals surface area contributed by atoms with Gasteiger partial charge in [0.15, 0.2) is 5.13 Å². The monoisotopic (exact) mass is 405 g/mol. The van der Waals surface area contributed by atoms with Gasteiger partial charge in [0.05, 0.1) is 7.11 Å². The van der Waals surface area contributed by atoms with E-state index in [0.717, 1.165) is 5.56 Å². The van der Waals surface area contributed by atoms with E-state index in [1.807, 2.05) is 24.3 Å². The van der Waals surface area contributed by atoms with E-state index >= 15 is 0 Å². The molecule has 0 aliphatic heterocycles. The van der Waals surface area contributed by atoms with E-state index in [-0.39, 0.29) is 17.4 Å². The van der Waals surface area contributed by atoms with E-state index in [2.05, 4.69) is 20.4 Å². The largest absolute Gasteiger partial charge is 0.496 e. The van der Waals surface area contributed by atoms with Crippen LogP contribution < -0.4 is 20.1 Å². The number of rotatable bonds is 8. The molecule has 6 nitrogen and oxygen atoms in total. The van der Waals surface area contributed by atoms with E-state index in [4.69, 9.17) is 4.74 Å². The van der Waals surface area contributed by atoms with Crippen molar-refractivity contribution in [1.82, 2.24) is 10.3 Å². The van der Waals surface area contributed by atoms with Crippen molar-refractivity contribution in [1.29, 1.82) is 0 Å². The highest BCUT2D eigenvalue weighted by Crippen LogP contribution is 2.24. The number of carbonyl (C=O) groups excluding carboxylic acids is 1. The molecule has 1 aromatic heterocycles.